The van der Waals surface area contributed by atoms with E-state index in [0.29, 0.717) is 18.7 Å². The van der Waals surface area contributed by atoms with E-state index >= 15 is 0 Å². The molecule has 2 heterocycles. The summed E-state index contributed by atoms with van der Waals surface area (Å²) in [5.74, 6) is 0.738. The van der Waals surface area contributed by atoms with Crippen LogP contribution in [0.15, 0.2) is 16.5 Å². The fourth-order valence-electron chi connectivity index (χ4n) is 2.44. The van der Waals surface area contributed by atoms with E-state index in [9.17, 15) is 13.2 Å². The SMILES string of the molecule is CCN(Cc1ccc(C(=O)OC)o1)[C@H]1CCS(=O)(=O)C1. The number of sulfone groups is 1. The molecule has 0 N–H and O–H groups in total. The molecule has 2 rings (SSSR count). The molecule has 1 aliphatic rings. The van der Waals surface area contributed by atoms with Crippen molar-refractivity contribution in [1.29, 1.82) is 0 Å². The van der Waals surface area contributed by atoms with Crippen LogP contribution in [0.2, 0.25) is 0 Å². The van der Waals surface area contributed by atoms with Crippen LogP contribution in [0.4, 0.5) is 0 Å². The molecule has 0 saturated carbocycles. The van der Waals surface area contributed by atoms with Gasteiger partial charge in [0.2, 0.25) is 5.76 Å². The van der Waals surface area contributed by atoms with E-state index in [1.165, 1.54) is 7.11 Å². The first-order valence-corrected chi connectivity index (χ1v) is 8.39. The van der Waals surface area contributed by atoms with E-state index in [1.807, 2.05) is 6.92 Å². The highest BCUT2D eigenvalue weighted by molar-refractivity contribution is 7.91. The first-order chi connectivity index (χ1) is 9.45. The molecular weight excluding hydrogens is 282 g/mol. The average Bonchev–Trinajstić information content (AvgIpc) is 3.01. The summed E-state index contributed by atoms with van der Waals surface area (Å²) in [6, 6.07) is 3.32. The molecule has 1 atom stereocenters. The van der Waals surface area contributed by atoms with Crippen molar-refractivity contribution in [2.75, 3.05) is 25.2 Å². The predicted molar refractivity (Wildman–Crippen MR) is 73.2 cm³/mol. The van der Waals surface area contributed by atoms with Crippen molar-refractivity contribution in [3.63, 3.8) is 0 Å². The van der Waals surface area contributed by atoms with Gasteiger partial charge >= 0.3 is 5.97 Å². The first kappa shape index (κ1) is 15.1. The third kappa shape index (κ3) is 3.40. The Kier molecular flexibility index (Phi) is 4.49. The van der Waals surface area contributed by atoms with E-state index in [4.69, 9.17) is 4.42 Å². The van der Waals surface area contributed by atoms with Gasteiger partial charge in [-0.2, -0.15) is 0 Å². The summed E-state index contributed by atoms with van der Waals surface area (Å²) in [5, 5.41) is 0. The maximum atomic E-state index is 11.5. The third-order valence-electron chi connectivity index (χ3n) is 3.54. The zero-order valence-electron chi connectivity index (χ0n) is 11.7. The van der Waals surface area contributed by atoms with Gasteiger partial charge < -0.3 is 9.15 Å². The number of hydrogen-bond donors (Lipinski definition) is 0. The largest absolute Gasteiger partial charge is 0.463 e. The normalized spacial score (nSPS) is 21.2. The van der Waals surface area contributed by atoms with Crippen molar-refractivity contribution >= 4 is 15.8 Å². The molecular formula is C13H19NO5S. The maximum absolute atomic E-state index is 11.5. The molecule has 20 heavy (non-hydrogen) atoms. The average molecular weight is 301 g/mol. The van der Waals surface area contributed by atoms with Crippen LogP contribution in [0.1, 0.15) is 29.7 Å². The van der Waals surface area contributed by atoms with Crippen LogP contribution in [-0.4, -0.2) is 50.5 Å². The predicted octanol–water partition coefficient (Wildman–Crippen LogP) is 1.08. The molecule has 1 aromatic heterocycles. The van der Waals surface area contributed by atoms with Crippen LogP contribution in [0.5, 0.6) is 0 Å². The molecule has 0 aliphatic carbocycles. The molecule has 112 valence electrons. The zero-order valence-corrected chi connectivity index (χ0v) is 12.5. The fraction of sp³-hybridized carbons (Fsp3) is 0.615. The van der Waals surface area contributed by atoms with Crippen LogP contribution in [-0.2, 0) is 21.1 Å². The smallest absolute Gasteiger partial charge is 0.373 e. The van der Waals surface area contributed by atoms with Gasteiger partial charge in [-0.25, -0.2) is 13.2 Å². The van der Waals surface area contributed by atoms with Gasteiger partial charge in [-0.3, -0.25) is 4.90 Å². The first-order valence-electron chi connectivity index (χ1n) is 6.56. The Morgan fingerprint density at radius 1 is 1.50 bits per heavy atom. The zero-order chi connectivity index (χ0) is 14.8. The summed E-state index contributed by atoms with van der Waals surface area (Å²) in [4.78, 5) is 13.4. The summed E-state index contributed by atoms with van der Waals surface area (Å²) < 4.78 is 33.1. The van der Waals surface area contributed by atoms with Crippen molar-refractivity contribution < 1.29 is 22.4 Å². The standard InChI is InChI=1S/C13H19NO5S/c1-3-14(10-6-7-20(16,17)9-10)8-11-4-5-12(19-11)13(15)18-2/h4-5,10H,3,6-9H2,1-2H3/t10-/m0/s1. The molecule has 0 spiro atoms. The number of furan rings is 1. The topological polar surface area (TPSA) is 76.8 Å². The van der Waals surface area contributed by atoms with E-state index in [-0.39, 0.29) is 23.3 Å². The molecule has 0 aromatic carbocycles. The van der Waals surface area contributed by atoms with Crippen molar-refractivity contribution in [3.8, 4) is 0 Å². The molecule has 0 amide bonds. The molecule has 0 radical (unpaired) electrons. The number of carbonyl (C=O) groups is 1. The van der Waals surface area contributed by atoms with Gasteiger partial charge in [0.1, 0.15) is 5.76 Å². The third-order valence-corrected chi connectivity index (χ3v) is 5.29. The highest BCUT2D eigenvalue weighted by atomic mass is 32.2. The summed E-state index contributed by atoms with van der Waals surface area (Å²) in [7, 11) is -1.60. The highest BCUT2D eigenvalue weighted by Gasteiger charge is 2.32. The Morgan fingerprint density at radius 3 is 2.80 bits per heavy atom. The van der Waals surface area contributed by atoms with Gasteiger partial charge in [0, 0.05) is 6.04 Å². The lowest BCUT2D eigenvalue weighted by Crippen LogP contribution is -2.35. The lowest BCUT2D eigenvalue weighted by atomic mass is 10.2. The monoisotopic (exact) mass is 301 g/mol. The summed E-state index contributed by atoms with van der Waals surface area (Å²) >= 11 is 0. The van der Waals surface area contributed by atoms with Gasteiger partial charge in [0.25, 0.3) is 0 Å². The van der Waals surface area contributed by atoms with E-state index in [2.05, 4.69) is 9.64 Å². The van der Waals surface area contributed by atoms with Crippen LogP contribution in [0, 0.1) is 0 Å². The van der Waals surface area contributed by atoms with Crippen LogP contribution in [0.3, 0.4) is 0 Å². The van der Waals surface area contributed by atoms with Crippen LogP contribution in [0.25, 0.3) is 0 Å². The minimum Gasteiger partial charge on any atom is -0.463 e. The van der Waals surface area contributed by atoms with Crippen LogP contribution >= 0.6 is 0 Å². The Balaban J connectivity index is 2.03. The highest BCUT2D eigenvalue weighted by Crippen LogP contribution is 2.20. The Bertz CT molecular complexity index is 577. The second-order valence-electron chi connectivity index (χ2n) is 4.88. The molecule has 0 unspecified atom stereocenters. The van der Waals surface area contributed by atoms with Gasteiger partial charge in [-0.15, -0.1) is 0 Å². The van der Waals surface area contributed by atoms with Crippen LogP contribution < -0.4 is 0 Å². The number of ether oxygens (including phenoxy) is 1. The lowest BCUT2D eigenvalue weighted by molar-refractivity contribution is 0.0560. The molecule has 1 aromatic rings. The number of nitrogens with zero attached hydrogens (tertiary/aromatic N) is 1. The van der Waals surface area contributed by atoms with Crippen molar-refractivity contribution in [2.24, 2.45) is 0 Å². The summed E-state index contributed by atoms with van der Waals surface area (Å²) in [6.07, 6.45) is 0.654. The van der Waals surface area contributed by atoms with Crippen molar-refractivity contribution in [3.05, 3.63) is 23.7 Å². The molecule has 1 saturated heterocycles. The number of carbonyl (C=O) groups excluding carboxylic acids is 1. The van der Waals surface area contributed by atoms with Gasteiger partial charge in [0.15, 0.2) is 9.84 Å². The van der Waals surface area contributed by atoms with Crippen molar-refractivity contribution in [1.82, 2.24) is 4.90 Å². The Morgan fingerprint density at radius 2 is 2.25 bits per heavy atom. The fourth-order valence-corrected chi connectivity index (χ4v) is 4.20. The minimum absolute atomic E-state index is 0.0247. The number of methoxy groups -OCH3 is 1. The Labute approximate surface area is 118 Å². The van der Waals surface area contributed by atoms with Crippen molar-refractivity contribution in [2.45, 2.75) is 25.9 Å². The molecule has 6 nitrogen and oxygen atoms in total. The number of hydrogen-bond acceptors (Lipinski definition) is 6. The van der Waals surface area contributed by atoms with Gasteiger partial charge in [0.05, 0.1) is 25.2 Å². The minimum atomic E-state index is -2.90. The molecule has 7 heteroatoms. The number of esters is 1. The van der Waals surface area contributed by atoms with Gasteiger partial charge in [-0.1, -0.05) is 6.92 Å². The summed E-state index contributed by atoms with van der Waals surface area (Å²) in [6.45, 7) is 3.21. The van der Waals surface area contributed by atoms with E-state index in [0.717, 1.165) is 6.54 Å². The maximum Gasteiger partial charge on any atom is 0.373 e. The quantitative estimate of drug-likeness (QED) is 0.757. The number of rotatable bonds is 5. The van der Waals surface area contributed by atoms with E-state index in [1.54, 1.807) is 12.1 Å². The Hall–Kier alpha value is -1.34. The second kappa shape index (κ2) is 5.97. The summed E-state index contributed by atoms with van der Waals surface area (Å²) in [5.41, 5.74) is 0. The van der Waals surface area contributed by atoms with Gasteiger partial charge in [-0.05, 0) is 25.1 Å². The second-order valence-corrected chi connectivity index (χ2v) is 7.11. The van der Waals surface area contributed by atoms with E-state index < -0.39 is 15.8 Å². The lowest BCUT2D eigenvalue weighted by Gasteiger charge is -2.25. The molecule has 0 bridgehead atoms. The molecule has 1 fully saturated rings. The molecule has 1 aliphatic heterocycles.